The van der Waals surface area contributed by atoms with Crippen LogP contribution in [0.5, 0.6) is 11.5 Å². The standard InChI is InChI=1S/C20H27NO5/c1-4-13-26-17-7-5-15(14-18(17)24-2)6-8-19(22)21-11-9-16(10-12-21)20(23)25-3/h5-8,14,16H,4,9-13H2,1-3H3/b8-6+. The predicted molar refractivity (Wildman–Crippen MR) is 99.1 cm³/mol. The van der Waals surface area contributed by atoms with Gasteiger partial charge in [0.05, 0.1) is 26.7 Å². The van der Waals surface area contributed by atoms with E-state index < -0.39 is 0 Å². The van der Waals surface area contributed by atoms with Crippen LogP contribution in [0, 0.1) is 5.92 Å². The third kappa shape index (κ3) is 5.25. The van der Waals surface area contributed by atoms with Crippen molar-refractivity contribution >= 4 is 18.0 Å². The Morgan fingerprint density at radius 1 is 1.19 bits per heavy atom. The van der Waals surface area contributed by atoms with Crippen molar-refractivity contribution in [2.24, 2.45) is 5.92 Å². The fourth-order valence-electron chi connectivity index (χ4n) is 2.89. The highest BCUT2D eigenvalue weighted by Crippen LogP contribution is 2.28. The molecule has 0 saturated carbocycles. The predicted octanol–water partition coefficient (Wildman–Crippen LogP) is 2.91. The highest BCUT2D eigenvalue weighted by atomic mass is 16.5. The van der Waals surface area contributed by atoms with Gasteiger partial charge in [-0.3, -0.25) is 9.59 Å². The lowest BCUT2D eigenvalue weighted by molar-refractivity contribution is -0.148. The number of piperidine rings is 1. The van der Waals surface area contributed by atoms with Gasteiger partial charge in [0.1, 0.15) is 0 Å². The van der Waals surface area contributed by atoms with Gasteiger partial charge in [-0.2, -0.15) is 0 Å². The molecule has 1 aromatic rings. The first-order valence-electron chi connectivity index (χ1n) is 8.94. The summed E-state index contributed by atoms with van der Waals surface area (Å²) in [5, 5.41) is 0. The van der Waals surface area contributed by atoms with E-state index in [1.807, 2.05) is 25.1 Å². The summed E-state index contributed by atoms with van der Waals surface area (Å²) in [5.41, 5.74) is 0.864. The van der Waals surface area contributed by atoms with Gasteiger partial charge in [-0.25, -0.2) is 0 Å². The summed E-state index contributed by atoms with van der Waals surface area (Å²) < 4.78 is 15.8. The maximum Gasteiger partial charge on any atom is 0.308 e. The van der Waals surface area contributed by atoms with Gasteiger partial charge >= 0.3 is 5.97 Å². The van der Waals surface area contributed by atoms with Gasteiger partial charge in [0.2, 0.25) is 5.91 Å². The SMILES string of the molecule is CCCOc1ccc(/C=C/C(=O)N2CCC(C(=O)OC)CC2)cc1OC. The molecule has 1 aromatic carbocycles. The number of likely N-dealkylation sites (tertiary alicyclic amines) is 1. The number of rotatable bonds is 7. The van der Waals surface area contributed by atoms with Crippen LogP contribution in [-0.2, 0) is 14.3 Å². The minimum atomic E-state index is -0.190. The number of ether oxygens (including phenoxy) is 3. The van der Waals surface area contributed by atoms with Crippen LogP contribution in [0.25, 0.3) is 6.08 Å². The number of esters is 1. The molecule has 1 amide bonds. The zero-order valence-corrected chi connectivity index (χ0v) is 15.7. The third-order valence-electron chi connectivity index (χ3n) is 4.41. The summed E-state index contributed by atoms with van der Waals surface area (Å²) in [6.45, 7) is 3.81. The van der Waals surface area contributed by atoms with E-state index in [2.05, 4.69) is 0 Å². The number of benzene rings is 1. The number of hydrogen-bond donors (Lipinski definition) is 0. The van der Waals surface area contributed by atoms with Crippen LogP contribution < -0.4 is 9.47 Å². The van der Waals surface area contributed by atoms with Crippen molar-refractivity contribution in [1.82, 2.24) is 4.90 Å². The van der Waals surface area contributed by atoms with Crippen LogP contribution in [0.4, 0.5) is 0 Å². The van der Waals surface area contributed by atoms with Crippen LogP contribution >= 0.6 is 0 Å². The number of amides is 1. The lowest BCUT2D eigenvalue weighted by Gasteiger charge is -2.29. The van der Waals surface area contributed by atoms with Crippen LogP contribution in [0.15, 0.2) is 24.3 Å². The summed E-state index contributed by atoms with van der Waals surface area (Å²) >= 11 is 0. The second-order valence-electron chi connectivity index (χ2n) is 6.21. The quantitative estimate of drug-likeness (QED) is 0.552. The molecular formula is C20H27NO5. The molecule has 6 heteroatoms. The summed E-state index contributed by atoms with van der Waals surface area (Å²) in [5.74, 6) is 0.992. The zero-order chi connectivity index (χ0) is 18.9. The van der Waals surface area contributed by atoms with E-state index in [-0.39, 0.29) is 17.8 Å². The molecule has 0 unspecified atom stereocenters. The van der Waals surface area contributed by atoms with E-state index in [1.54, 1.807) is 24.2 Å². The van der Waals surface area contributed by atoms with Gasteiger partial charge < -0.3 is 19.1 Å². The van der Waals surface area contributed by atoms with Crippen molar-refractivity contribution in [3.05, 3.63) is 29.8 Å². The fourth-order valence-corrected chi connectivity index (χ4v) is 2.89. The lowest BCUT2D eigenvalue weighted by atomic mass is 9.97. The molecule has 0 N–H and O–H groups in total. The first-order valence-corrected chi connectivity index (χ1v) is 8.94. The lowest BCUT2D eigenvalue weighted by Crippen LogP contribution is -2.39. The summed E-state index contributed by atoms with van der Waals surface area (Å²) in [6, 6.07) is 5.58. The summed E-state index contributed by atoms with van der Waals surface area (Å²) in [7, 11) is 2.99. The van der Waals surface area contributed by atoms with Gasteiger partial charge in [0, 0.05) is 19.2 Å². The van der Waals surface area contributed by atoms with E-state index in [1.165, 1.54) is 7.11 Å². The number of hydrogen-bond acceptors (Lipinski definition) is 5. The molecule has 0 atom stereocenters. The van der Waals surface area contributed by atoms with Crippen molar-refractivity contribution in [2.45, 2.75) is 26.2 Å². The van der Waals surface area contributed by atoms with E-state index in [4.69, 9.17) is 14.2 Å². The zero-order valence-electron chi connectivity index (χ0n) is 15.7. The van der Waals surface area contributed by atoms with Crippen LogP contribution in [-0.4, -0.2) is 50.7 Å². The average Bonchev–Trinajstić information content (AvgIpc) is 2.70. The van der Waals surface area contributed by atoms with E-state index >= 15 is 0 Å². The molecule has 26 heavy (non-hydrogen) atoms. The Kier molecular flexibility index (Phi) is 7.51. The Labute approximate surface area is 154 Å². The first-order chi connectivity index (χ1) is 12.6. The molecule has 1 saturated heterocycles. The number of nitrogens with zero attached hydrogens (tertiary/aromatic N) is 1. The Morgan fingerprint density at radius 3 is 2.54 bits per heavy atom. The summed E-state index contributed by atoms with van der Waals surface area (Å²) in [6.07, 6.45) is 5.53. The molecule has 0 bridgehead atoms. The molecule has 0 radical (unpaired) electrons. The third-order valence-corrected chi connectivity index (χ3v) is 4.41. The molecule has 142 valence electrons. The van der Waals surface area contributed by atoms with E-state index in [0.29, 0.717) is 44.0 Å². The molecule has 2 rings (SSSR count). The van der Waals surface area contributed by atoms with Crippen molar-refractivity contribution < 1.29 is 23.8 Å². The van der Waals surface area contributed by atoms with Crippen molar-refractivity contribution in [3.8, 4) is 11.5 Å². The average molecular weight is 361 g/mol. The number of carbonyl (C=O) groups excluding carboxylic acids is 2. The van der Waals surface area contributed by atoms with Crippen molar-refractivity contribution in [2.75, 3.05) is 33.9 Å². The van der Waals surface area contributed by atoms with E-state index in [9.17, 15) is 9.59 Å². The fraction of sp³-hybridized carbons (Fsp3) is 0.500. The minimum Gasteiger partial charge on any atom is -0.493 e. The van der Waals surface area contributed by atoms with Gasteiger partial charge in [0.15, 0.2) is 11.5 Å². The smallest absolute Gasteiger partial charge is 0.308 e. The van der Waals surface area contributed by atoms with Crippen LogP contribution in [0.3, 0.4) is 0 Å². The largest absolute Gasteiger partial charge is 0.493 e. The minimum absolute atomic E-state index is 0.0569. The maximum atomic E-state index is 12.3. The van der Waals surface area contributed by atoms with Crippen LogP contribution in [0.2, 0.25) is 0 Å². The second-order valence-corrected chi connectivity index (χ2v) is 6.21. The Bertz CT molecular complexity index is 648. The van der Waals surface area contributed by atoms with E-state index in [0.717, 1.165) is 12.0 Å². The molecule has 1 aliphatic rings. The van der Waals surface area contributed by atoms with Crippen molar-refractivity contribution in [3.63, 3.8) is 0 Å². The normalized spacial score (nSPS) is 15.1. The molecule has 0 aliphatic carbocycles. The monoisotopic (exact) mass is 361 g/mol. The molecular weight excluding hydrogens is 334 g/mol. The van der Waals surface area contributed by atoms with Gasteiger partial charge in [-0.15, -0.1) is 0 Å². The topological polar surface area (TPSA) is 65.1 Å². The second kappa shape index (κ2) is 9.85. The Morgan fingerprint density at radius 2 is 1.92 bits per heavy atom. The highest BCUT2D eigenvalue weighted by Gasteiger charge is 2.26. The Hall–Kier alpha value is -2.50. The maximum absolute atomic E-state index is 12.3. The number of carbonyl (C=O) groups is 2. The van der Waals surface area contributed by atoms with Gasteiger partial charge in [-0.1, -0.05) is 13.0 Å². The molecule has 0 spiro atoms. The van der Waals surface area contributed by atoms with Gasteiger partial charge in [-0.05, 0) is 43.0 Å². The molecule has 1 aliphatic heterocycles. The Balaban J connectivity index is 1.94. The first kappa shape index (κ1) is 19.8. The molecule has 6 nitrogen and oxygen atoms in total. The van der Waals surface area contributed by atoms with Crippen molar-refractivity contribution in [1.29, 1.82) is 0 Å². The molecule has 0 aromatic heterocycles. The molecule has 1 fully saturated rings. The van der Waals surface area contributed by atoms with Gasteiger partial charge in [0.25, 0.3) is 0 Å². The molecule has 1 heterocycles. The highest BCUT2D eigenvalue weighted by molar-refractivity contribution is 5.92. The van der Waals surface area contributed by atoms with Crippen LogP contribution in [0.1, 0.15) is 31.7 Å². The summed E-state index contributed by atoms with van der Waals surface area (Å²) in [4.78, 5) is 25.6. The number of methoxy groups -OCH3 is 2.